The molecule has 0 saturated carbocycles. The van der Waals surface area contributed by atoms with Crippen molar-refractivity contribution in [2.75, 3.05) is 23.3 Å². The maximum atomic E-state index is 11.7. The fraction of sp³-hybridized carbons (Fsp3) is 0.438. The van der Waals surface area contributed by atoms with Crippen LogP contribution >= 0.6 is 0 Å². The normalized spacial score (nSPS) is 21.9. The van der Waals surface area contributed by atoms with Gasteiger partial charge in [0.15, 0.2) is 0 Å². The van der Waals surface area contributed by atoms with Crippen LogP contribution in [0.1, 0.15) is 25.7 Å². The standard InChI is InChI=1S/C16H20N2O2/c19-16-5-3-10-18(16)14-8-6-13(7-9-14)17-12-15-4-1-2-11-20-15/h2,6-9,11,15,17H,1,3-5,10,12H2. The van der Waals surface area contributed by atoms with Crippen molar-refractivity contribution in [2.45, 2.75) is 31.8 Å². The van der Waals surface area contributed by atoms with E-state index in [0.29, 0.717) is 6.42 Å². The Balaban J connectivity index is 1.56. The second-order valence-electron chi connectivity index (χ2n) is 5.28. The van der Waals surface area contributed by atoms with Crippen molar-refractivity contribution in [3.63, 3.8) is 0 Å². The quantitative estimate of drug-likeness (QED) is 0.916. The predicted octanol–water partition coefficient (Wildman–Crippen LogP) is 2.92. The van der Waals surface area contributed by atoms with E-state index in [1.54, 1.807) is 6.26 Å². The number of benzene rings is 1. The molecule has 1 N–H and O–H groups in total. The van der Waals surface area contributed by atoms with Crippen LogP contribution in [0.2, 0.25) is 0 Å². The monoisotopic (exact) mass is 272 g/mol. The van der Waals surface area contributed by atoms with Crippen LogP contribution in [0.15, 0.2) is 36.6 Å². The number of hydrogen-bond acceptors (Lipinski definition) is 3. The van der Waals surface area contributed by atoms with Crippen LogP contribution in [0, 0.1) is 0 Å². The molecule has 0 aromatic heterocycles. The maximum Gasteiger partial charge on any atom is 0.227 e. The van der Waals surface area contributed by atoms with Gasteiger partial charge in [0.05, 0.1) is 12.8 Å². The summed E-state index contributed by atoms with van der Waals surface area (Å²) in [6, 6.07) is 8.07. The highest BCUT2D eigenvalue weighted by Gasteiger charge is 2.21. The van der Waals surface area contributed by atoms with E-state index in [9.17, 15) is 4.79 Å². The van der Waals surface area contributed by atoms with Crippen molar-refractivity contribution in [1.29, 1.82) is 0 Å². The summed E-state index contributed by atoms with van der Waals surface area (Å²) in [6.07, 6.45) is 7.88. The first-order chi connectivity index (χ1) is 9.83. The molecule has 1 atom stereocenters. The van der Waals surface area contributed by atoms with Gasteiger partial charge in [0.1, 0.15) is 6.10 Å². The molecule has 0 bridgehead atoms. The van der Waals surface area contributed by atoms with Crippen LogP contribution in [0.25, 0.3) is 0 Å². The molecule has 3 rings (SSSR count). The van der Waals surface area contributed by atoms with Crippen molar-refractivity contribution in [1.82, 2.24) is 0 Å². The summed E-state index contributed by atoms with van der Waals surface area (Å²) in [5.41, 5.74) is 2.06. The molecule has 1 amide bonds. The van der Waals surface area contributed by atoms with Gasteiger partial charge in [-0.05, 0) is 49.6 Å². The van der Waals surface area contributed by atoms with Gasteiger partial charge in [-0.25, -0.2) is 0 Å². The fourth-order valence-corrected chi connectivity index (χ4v) is 2.65. The number of allylic oxidation sites excluding steroid dienone is 1. The third kappa shape index (κ3) is 2.95. The Bertz CT molecular complexity index is 496. The van der Waals surface area contributed by atoms with Crippen LogP contribution in [-0.4, -0.2) is 25.1 Å². The third-order valence-electron chi connectivity index (χ3n) is 3.81. The van der Waals surface area contributed by atoms with Gasteiger partial charge in [0, 0.05) is 24.3 Å². The van der Waals surface area contributed by atoms with E-state index in [4.69, 9.17) is 4.74 Å². The lowest BCUT2D eigenvalue weighted by Gasteiger charge is -2.21. The summed E-state index contributed by atoms with van der Waals surface area (Å²) in [5, 5.41) is 3.38. The second-order valence-corrected chi connectivity index (χ2v) is 5.28. The van der Waals surface area contributed by atoms with Crippen LogP contribution in [0.5, 0.6) is 0 Å². The predicted molar refractivity (Wildman–Crippen MR) is 79.8 cm³/mol. The Morgan fingerprint density at radius 1 is 1.30 bits per heavy atom. The van der Waals surface area contributed by atoms with Crippen molar-refractivity contribution < 1.29 is 9.53 Å². The lowest BCUT2D eigenvalue weighted by Crippen LogP contribution is -2.24. The summed E-state index contributed by atoms with van der Waals surface area (Å²) >= 11 is 0. The summed E-state index contributed by atoms with van der Waals surface area (Å²) in [5.74, 6) is 0.230. The van der Waals surface area contributed by atoms with E-state index in [2.05, 4.69) is 11.4 Å². The average molecular weight is 272 g/mol. The minimum absolute atomic E-state index is 0.230. The molecule has 1 fully saturated rings. The zero-order valence-corrected chi connectivity index (χ0v) is 11.5. The summed E-state index contributed by atoms with van der Waals surface area (Å²) < 4.78 is 5.52. The van der Waals surface area contributed by atoms with Gasteiger partial charge in [0.2, 0.25) is 5.91 Å². The number of nitrogens with one attached hydrogen (secondary N) is 1. The van der Waals surface area contributed by atoms with Gasteiger partial charge in [-0.2, -0.15) is 0 Å². The van der Waals surface area contributed by atoms with E-state index in [0.717, 1.165) is 43.7 Å². The first-order valence-electron chi connectivity index (χ1n) is 7.28. The molecule has 1 aromatic rings. The van der Waals surface area contributed by atoms with E-state index in [1.807, 2.05) is 29.2 Å². The number of rotatable bonds is 4. The van der Waals surface area contributed by atoms with Crippen molar-refractivity contribution in [3.05, 3.63) is 36.6 Å². The van der Waals surface area contributed by atoms with Gasteiger partial charge in [-0.15, -0.1) is 0 Å². The first kappa shape index (κ1) is 13.0. The molecule has 1 unspecified atom stereocenters. The first-order valence-corrected chi connectivity index (χ1v) is 7.28. The highest BCUT2D eigenvalue weighted by Crippen LogP contribution is 2.23. The lowest BCUT2D eigenvalue weighted by atomic mass is 10.1. The van der Waals surface area contributed by atoms with E-state index in [-0.39, 0.29) is 12.0 Å². The summed E-state index contributed by atoms with van der Waals surface area (Å²) in [4.78, 5) is 13.5. The number of amides is 1. The molecule has 106 valence electrons. The molecule has 2 heterocycles. The number of nitrogens with zero attached hydrogens (tertiary/aromatic N) is 1. The molecule has 1 saturated heterocycles. The van der Waals surface area contributed by atoms with Gasteiger partial charge >= 0.3 is 0 Å². The minimum atomic E-state index is 0.230. The Morgan fingerprint density at radius 3 is 2.80 bits per heavy atom. The largest absolute Gasteiger partial charge is 0.497 e. The SMILES string of the molecule is O=C1CCCN1c1ccc(NCC2CCC=CO2)cc1. The summed E-state index contributed by atoms with van der Waals surface area (Å²) in [6.45, 7) is 1.65. The highest BCUT2D eigenvalue weighted by atomic mass is 16.5. The number of anilines is 2. The van der Waals surface area contributed by atoms with Crippen LogP contribution in [0.4, 0.5) is 11.4 Å². The molecular formula is C16H20N2O2. The van der Waals surface area contributed by atoms with Gasteiger partial charge < -0.3 is 15.0 Å². The molecule has 20 heavy (non-hydrogen) atoms. The van der Waals surface area contributed by atoms with Crippen LogP contribution < -0.4 is 10.2 Å². The number of hydrogen-bond donors (Lipinski definition) is 1. The molecule has 2 aliphatic heterocycles. The minimum Gasteiger partial charge on any atom is -0.497 e. The highest BCUT2D eigenvalue weighted by molar-refractivity contribution is 5.95. The topological polar surface area (TPSA) is 41.6 Å². The van der Waals surface area contributed by atoms with E-state index < -0.39 is 0 Å². The van der Waals surface area contributed by atoms with Gasteiger partial charge in [-0.3, -0.25) is 4.79 Å². The summed E-state index contributed by atoms with van der Waals surface area (Å²) in [7, 11) is 0. The zero-order valence-electron chi connectivity index (χ0n) is 11.5. The lowest BCUT2D eigenvalue weighted by molar-refractivity contribution is -0.117. The van der Waals surface area contributed by atoms with E-state index >= 15 is 0 Å². The molecule has 0 radical (unpaired) electrons. The molecular weight excluding hydrogens is 252 g/mol. The number of ether oxygens (including phenoxy) is 1. The van der Waals surface area contributed by atoms with Crippen LogP contribution in [-0.2, 0) is 9.53 Å². The Kier molecular flexibility index (Phi) is 3.90. The van der Waals surface area contributed by atoms with Crippen molar-refractivity contribution in [2.24, 2.45) is 0 Å². The van der Waals surface area contributed by atoms with E-state index in [1.165, 1.54) is 0 Å². The molecule has 1 aromatic carbocycles. The number of carbonyl (C=O) groups excluding carboxylic acids is 1. The molecule has 0 aliphatic carbocycles. The van der Waals surface area contributed by atoms with Crippen LogP contribution in [0.3, 0.4) is 0 Å². The number of carbonyl (C=O) groups is 1. The smallest absolute Gasteiger partial charge is 0.227 e. The van der Waals surface area contributed by atoms with Crippen molar-refractivity contribution >= 4 is 17.3 Å². The molecule has 4 heteroatoms. The average Bonchev–Trinajstić information content (AvgIpc) is 2.93. The Labute approximate surface area is 119 Å². The van der Waals surface area contributed by atoms with Gasteiger partial charge in [-0.1, -0.05) is 0 Å². The third-order valence-corrected chi connectivity index (χ3v) is 3.81. The Hall–Kier alpha value is -1.97. The second kappa shape index (κ2) is 5.99. The van der Waals surface area contributed by atoms with Crippen molar-refractivity contribution in [3.8, 4) is 0 Å². The van der Waals surface area contributed by atoms with Gasteiger partial charge in [0.25, 0.3) is 0 Å². The Morgan fingerprint density at radius 2 is 2.15 bits per heavy atom. The fourth-order valence-electron chi connectivity index (χ4n) is 2.65. The molecule has 4 nitrogen and oxygen atoms in total. The maximum absolute atomic E-state index is 11.7. The molecule has 0 spiro atoms. The molecule has 2 aliphatic rings. The zero-order chi connectivity index (χ0) is 13.8.